The molecule has 4 nitrogen and oxygen atoms in total. The second-order valence-corrected chi connectivity index (χ2v) is 4.45. The molecule has 0 atom stereocenters. The molecule has 1 saturated heterocycles. The van der Waals surface area contributed by atoms with Gasteiger partial charge in [0, 0.05) is 18.5 Å². The maximum Gasteiger partial charge on any atom is 0.227 e. The van der Waals surface area contributed by atoms with Gasteiger partial charge >= 0.3 is 0 Å². The van der Waals surface area contributed by atoms with E-state index in [2.05, 4.69) is 0 Å². The third-order valence-corrected chi connectivity index (χ3v) is 3.14. The van der Waals surface area contributed by atoms with Crippen LogP contribution in [-0.4, -0.2) is 36.8 Å². The van der Waals surface area contributed by atoms with Gasteiger partial charge in [-0.25, -0.2) is 0 Å². The third kappa shape index (κ3) is 2.88. The molecule has 0 spiro atoms. The first-order chi connectivity index (χ1) is 8.70. The standard InChI is InChI=1S/C14H17NO3/c1-18-13-7-3-2-5-11(13)9-14(17)15-8-4-6-12(16)10-15/h2-3,5,7H,4,6,8-10H2,1H3. The van der Waals surface area contributed by atoms with Crippen LogP contribution in [0.25, 0.3) is 0 Å². The molecule has 1 fully saturated rings. The van der Waals surface area contributed by atoms with Gasteiger partial charge in [-0.2, -0.15) is 0 Å². The summed E-state index contributed by atoms with van der Waals surface area (Å²) in [6.07, 6.45) is 1.66. The Balaban J connectivity index is 2.04. The van der Waals surface area contributed by atoms with Crippen LogP contribution >= 0.6 is 0 Å². The first-order valence-corrected chi connectivity index (χ1v) is 6.12. The average Bonchev–Trinajstić information content (AvgIpc) is 2.39. The smallest absolute Gasteiger partial charge is 0.227 e. The molecule has 1 amide bonds. The number of likely N-dealkylation sites (tertiary alicyclic amines) is 1. The highest BCUT2D eigenvalue weighted by molar-refractivity contribution is 5.88. The van der Waals surface area contributed by atoms with E-state index in [1.54, 1.807) is 12.0 Å². The zero-order valence-corrected chi connectivity index (χ0v) is 10.5. The van der Waals surface area contributed by atoms with Gasteiger partial charge in [-0.3, -0.25) is 9.59 Å². The Bertz CT molecular complexity index is 456. The first-order valence-electron chi connectivity index (χ1n) is 6.12. The molecule has 0 N–H and O–H groups in total. The second-order valence-electron chi connectivity index (χ2n) is 4.45. The number of ketones is 1. The zero-order chi connectivity index (χ0) is 13.0. The molecule has 1 heterocycles. The number of ether oxygens (including phenoxy) is 1. The molecule has 18 heavy (non-hydrogen) atoms. The number of carbonyl (C=O) groups excluding carboxylic acids is 2. The molecular formula is C14H17NO3. The zero-order valence-electron chi connectivity index (χ0n) is 10.5. The minimum atomic E-state index is -0.00690. The Morgan fingerprint density at radius 1 is 1.39 bits per heavy atom. The summed E-state index contributed by atoms with van der Waals surface area (Å²) in [5.41, 5.74) is 0.864. The lowest BCUT2D eigenvalue weighted by atomic mass is 10.1. The lowest BCUT2D eigenvalue weighted by Gasteiger charge is -2.26. The van der Waals surface area contributed by atoms with Gasteiger partial charge in [0.25, 0.3) is 0 Å². The van der Waals surface area contributed by atoms with E-state index in [0.717, 1.165) is 12.0 Å². The second kappa shape index (κ2) is 5.67. The van der Waals surface area contributed by atoms with Gasteiger partial charge in [0.2, 0.25) is 5.91 Å². The summed E-state index contributed by atoms with van der Waals surface area (Å²) in [5, 5.41) is 0. The van der Waals surface area contributed by atoms with E-state index in [0.29, 0.717) is 18.7 Å². The molecule has 0 saturated carbocycles. The Morgan fingerprint density at radius 2 is 2.17 bits per heavy atom. The van der Waals surface area contributed by atoms with Crippen LogP contribution in [0.5, 0.6) is 5.75 Å². The van der Waals surface area contributed by atoms with E-state index >= 15 is 0 Å². The fraction of sp³-hybridized carbons (Fsp3) is 0.429. The van der Waals surface area contributed by atoms with E-state index < -0.39 is 0 Å². The Morgan fingerprint density at radius 3 is 2.89 bits per heavy atom. The number of nitrogens with zero attached hydrogens (tertiary/aromatic N) is 1. The molecule has 4 heteroatoms. The normalized spacial score (nSPS) is 15.6. The molecule has 0 bridgehead atoms. The van der Waals surface area contributed by atoms with Crippen LogP contribution in [0.4, 0.5) is 0 Å². The van der Waals surface area contributed by atoms with E-state index in [1.807, 2.05) is 24.3 Å². The van der Waals surface area contributed by atoms with Crippen molar-refractivity contribution in [1.29, 1.82) is 0 Å². The maximum atomic E-state index is 12.1. The predicted octanol–water partition coefficient (Wildman–Crippen LogP) is 1.43. The molecule has 2 rings (SSSR count). The maximum absolute atomic E-state index is 12.1. The number of Topliss-reactive ketones (excluding diaryl/α,β-unsaturated/α-hetero) is 1. The quantitative estimate of drug-likeness (QED) is 0.811. The van der Waals surface area contributed by atoms with Crippen LogP contribution in [0.1, 0.15) is 18.4 Å². The van der Waals surface area contributed by atoms with Gasteiger partial charge in [-0.1, -0.05) is 18.2 Å². The van der Waals surface area contributed by atoms with Gasteiger partial charge in [0.15, 0.2) is 5.78 Å². The first kappa shape index (κ1) is 12.6. The van der Waals surface area contributed by atoms with Gasteiger partial charge in [-0.05, 0) is 12.5 Å². The number of hydrogen-bond donors (Lipinski definition) is 0. The summed E-state index contributed by atoms with van der Waals surface area (Å²) in [7, 11) is 1.59. The molecule has 1 aliphatic heterocycles. The average molecular weight is 247 g/mol. The van der Waals surface area contributed by atoms with Crippen molar-refractivity contribution in [2.24, 2.45) is 0 Å². The number of piperidine rings is 1. The largest absolute Gasteiger partial charge is 0.496 e. The van der Waals surface area contributed by atoms with Crippen molar-refractivity contribution in [3.8, 4) is 5.75 Å². The summed E-state index contributed by atoms with van der Waals surface area (Å²) in [4.78, 5) is 25.1. The lowest BCUT2D eigenvalue weighted by Crippen LogP contribution is -2.40. The summed E-state index contributed by atoms with van der Waals surface area (Å²) < 4.78 is 5.22. The monoisotopic (exact) mass is 247 g/mol. The van der Waals surface area contributed by atoms with Crippen molar-refractivity contribution in [2.45, 2.75) is 19.3 Å². The SMILES string of the molecule is COc1ccccc1CC(=O)N1CCCC(=O)C1. The molecule has 1 aromatic rings. The highest BCUT2D eigenvalue weighted by Gasteiger charge is 2.22. The molecule has 96 valence electrons. The van der Waals surface area contributed by atoms with E-state index in [-0.39, 0.29) is 24.7 Å². The number of para-hydroxylation sites is 1. The topological polar surface area (TPSA) is 46.6 Å². The lowest BCUT2D eigenvalue weighted by molar-refractivity contribution is -0.137. The highest BCUT2D eigenvalue weighted by Crippen LogP contribution is 2.19. The molecule has 0 aromatic heterocycles. The van der Waals surface area contributed by atoms with Gasteiger partial charge in [-0.15, -0.1) is 0 Å². The number of hydrogen-bond acceptors (Lipinski definition) is 3. The Hall–Kier alpha value is -1.84. The van der Waals surface area contributed by atoms with E-state index in [9.17, 15) is 9.59 Å². The fourth-order valence-corrected chi connectivity index (χ4v) is 2.17. The van der Waals surface area contributed by atoms with E-state index in [4.69, 9.17) is 4.74 Å². The van der Waals surface area contributed by atoms with Crippen molar-refractivity contribution in [3.05, 3.63) is 29.8 Å². The highest BCUT2D eigenvalue weighted by atomic mass is 16.5. The molecule has 0 radical (unpaired) electrons. The van der Waals surface area contributed by atoms with Crippen molar-refractivity contribution in [3.63, 3.8) is 0 Å². The Kier molecular flexibility index (Phi) is 3.97. The molecule has 0 unspecified atom stereocenters. The van der Waals surface area contributed by atoms with Gasteiger partial charge in [0.05, 0.1) is 20.1 Å². The predicted molar refractivity (Wildman–Crippen MR) is 67.5 cm³/mol. The van der Waals surface area contributed by atoms with Crippen molar-refractivity contribution in [1.82, 2.24) is 4.90 Å². The molecule has 1 aliphatic rings. The van der Waals surface area contributed by atoms with Crippen molar-refractivity contribution in [2.75, 3.05) is 20.2 Å². The fourth-order valence-electron chi connectivity index (χ4n) is 2.17. The molecular weight excluding hydrogens is 230 g/mol. The van der Waals surface area contributed by atoms with Gasteiger partial charge in [0.1, 0.15) is 5.75 Å². The Labute approximate surface area is 107 Å². The summed E-state index contributed by atoms with van der Waals surface area (Å²) in [6.45, 7) is 0.938. The summed E-state index contributed by atoms with van der Waals surface area (Å²) in [6, 6.07) is 7.47. The van der Waals surface area contributed by atoms with Crippen LogP contribution in [-0.2, 0) is 16.0 Å². The number of carbonyl (C=O) groups is 2. The van der Waals surface area contributed by atoms with Crippen molar-refractivity contribution >= 4 is 11.7 Å². The van der Waals surface area contributed by atoms with Crippen LogP contribution in [0, 0.1) is 0 Å². The third-order valence-electron chi connectivity index (χ3n) is 3.14. The van der Waals surface area contributed by atoms with Crippen molar-refractivity contribution < 1.29 is 14.3 Å². The summed E-state index contributed by atoms with van der Waals surface area (Å²) >= 11 is 0. The van der Waals surface area contributed by atoms with E-state index in [1.165, 1.54) is 0 Å². The molecule has 1 aromatic carbocycles. The summed E-state index contributed by atoms with van der Waals surface area (Å²) in [5.74, 6) is 0.858. The van der Waals surface area contributed by atoms with Crippen LogP contribution in [0.15, 0.2) is 24.3 Å². The van der Waals surface area contributed by atoms with Crippen LogP contribution in [0.3, 0.4) is 0 Å². The number of benzene rings is 1. The van der Waals surface area contributed by atoms with Crippen LogP contribution in [0.2, 0.25) is 0 Å². The molecule has 0 aliphatic carbocycles. The number of amides is 1. The number of methoxy groups -OCH3 is 1. The van der Waals surface area contributed by atoms with Crippen LogP contribution < -0.4 is 4.74 Å². The minimum Gasteiger partial charge on any atom is -0.496 e. The van der Waals surface area contributed by atoms with Gasteiger partial charge < -0.3 is 9.64 Å². The number of rotatable bonds is 3. The minimum absolute atomic E-state index is 0.00690.